The van der Waals surface area contributed by atoms with E-state index in [1.165, 1.54) is 37.7 Å². The summed E-state index contributed by atoms with van der Waals surface area (Å²) in [6, 6.07) is 0. The Bertz CT molecular complexity index is 348. The Morgan fingerprint density at radius 1 is 1.14 bits per heavy atom. The Balaban J connectivity index is 0.00000135. The monoisotopic (exact) mass is 302 g/mol. The highest BCUT2D eigenvalue weighted by Crippen LogP contribution is 2.30. The van der Waals surface area contributed by atoms with Crippen LogP contribution in [0.25, 0.3) is 0 Å². The van der Waals surface area contributed by atoms with Gasteiger partial charge in [0.05, 0.1) is 0 Å². The van der Waals surface area contributed by atoms with Crippen LogP contribution in [-0.4, -0.2) is 0 Å². The first kappa shape index (κ1) is 21.0. The van der Waals surface area contributed by atoms with E-state index in [4.69, 9.17) is 0 Å². The van der Waals surface area contributed by atoms with Crippen LogP contribution in [0.2, 0.25) is 0 Å². The third kappa shape index (κ3) is 11.6. The molecular formula is C22H38. The van der Waals surface area contributed by atoms with Crippen molar-refractivity contribution in [2.75, 3.05) is 0 Å². The van der Waals surface area contributed by atoms with Crippen molar-refractivity contribution < 1.29 is 0 Å². The van der Waals surface area contributed by atoms with E-state index in [1.54, 1.807) is 6.08 Å². The van der Waals surface area contributed by atoms with Gasteiger partial charge in [0.1, 0.15) is 0 Å². The maximum atomic E-state index is 3.36. The number of hydrogen-bond acceptors (Lipinski definition) is 0. The fraction of sp³-hybridized carbons (Fsp3) is 0.636. The summed E-state index contributed by atoms with van der Waals surface area (Å²) in [6.07, 6.45) is 21.5. The molecule has 0 aromatic carbocycles. The van der Waals surface area contributed by atoms with Gasteiger partial charge < -0.3 is 0 Å². The highest BCUT2D eigenvalue weighted by molar-refractivity contribution is 5.14. The van der Waals surface area contributed by atoms with Gasteiger partial charge in [-0.05, 0) is 64.2 Å². The third-order valence-corrected chi connectivity index (χ3v) is 4.41. The molecule has 0 N–H and O–H groups in total. The van der Waals surface area contributed by atoms with Crippen molar-refractivity contribution in [3.63, 3.8) is 0 Å². The lowest BCUT2D eigenvalue weighted by Crippen LogP contribution is -2.11. The van der Waals surface area contributed by atoms with Gasteiger partial charge >= 0.3 is 0 Å². The second-order valence-corrected chi connectivity index (χ2v) is 6.85. The van der Waals surface area contributed by atoms with E-state index in [0.717, 1.165) is 18.3 Å². The normalized spacial score (nSPS) is 24.1. The van der Waals surface area contributed by atoms with E-state index < -0.39 is 0 Å². The van der Waals surface area contributed by atoms with Crippen LogP contribution in [-0.2, 0) is 0 Å². The quantitative estimate of drug-likeness (QED) is 0.352. The van der Waals surface area contributed by atoms with Gasteiger partial charge in [-0.15, -0.1) is 6.58 Å². The summed E-state index contributed by atoms with van der Waals surface area (Å²) < 4.78 is 0. The lowest BCUT2D eigenvalue weighted by molar-refractivity contribution is 0.292. The minimum Gasteiger partial charge on any atom is -0.103 e. The minimum atomic E-state index is 0.670. The fourth-order valence-corrected chi connectivity index (χ4v) is 2.71. The zero-order valence-corrected chi connectivity index (χ0v) is 15.6. The van der Waals surface area contributed by atoms with E-state index in [-0.39, 0.29) is 0 Å². The largest absolute Gasteiger partial charge is 0.103 e. The zero-order valence-electron chi connectivity index (χ0n) is 15.6. The van der Waals surface area contributed by atoms with Gasteiger partial charge in [-0.25, -0.2) is 0 Å². The van der Waals surface area contributed by atoms with Crippen molar-refractivity contribution in [2.24, 2.45) is 17.8 Å². The molecule has 0 amide bonds. The van der Waals surface area contributed by atoms with E-state index in [9.17, 15) is 0 Å². The molecule has 126 valence electrons. The first-order chi connectivity index (χ1) is 10.5. The smallest absolute Gasteiger partial charge is 0.0227 e. The van der Waals surface area contributed by atoms with Gasteiger partial charge in [-0.2, -0.15) is 0 Å². The van der Waals surface area contributed by atoms with E-state index in [0.29, 0.717) is 5.92 Å². The lowest BCUT2D eigenvalue weighted by Gasteiger charge is -2.25. The molecule has 1 rings (SSSR count). The minimum absolute atomic E-state index is 0.670. The third-order valence-electron chi connectivity index (χ3n) is 4.41. The summed E-state index contributed by atoms with van der Waals surface area (Å²) in [5.41, 5.74) is 1.35. The molecule has 22 heavy (non-hydrogen) atoms. The Labute approximate surface area is 140 Å². The first-order valence-corrected chi connectivity index (χ1v) is 9.06. The Morgan fingerprint density at radius 2 is 1.73 bits per heavy atom. The van der Waals surface area contributed by atoms with Crippen molar-refractivity contribution in [1.82, 2.24) is 0 Å². The lowest BCUT2D eigenvalue weighted by atomic mass is 9.81. The molecule has 0 aromatic rings. The number of hydrogen-bond donors (Lipinski definition) is 0. The summed E-state index contributed by atoms with van der Waals surface area (Å²) in [5, 5.41) is 0. The van der Waals surface area contributed by atoms with Crippen molar-refractivity contribution >= 4 is 0 Å². The molecule has 0 saturated heterocycles. The maximum absolute atomic E-state index is 3.36. The SMILES string of the molecule is C/C=C(C)\C=C/CC(C)/C=C\CC1CCC(C)CC1.C=CC. The molecule has 0 bridgehead atoms. The second-order valence-electron chi connectivity index (χ2n) is 6.85. The van der Waals surface area contributed by atoms with Crippen LogP contribution in [0.1, 0.15) is 73.1 Å². The Kier molecular flexibility index (Phi) is 13.0. The molecule has 0 aliphatic heterocycles. The molecule has 0 heteroatoms. The van der Waals surface area contributed by atoms with E-state index in [1.807, 2.05) is 6.92 Å². The molecule has 0 radical (unpaired) electrons. The summed E-state index contributed by atoms with van der Waals surface area (Å²) in [7, 11) is 0. The van der Waals surface area contributed by atoms with Crippen LogP contribution < -0.4 is 0 Å². The summed E-state index contributed by atoms with van der Waals surface area (Å²) >= 11 is 0. The van der Waals surface area contributed by atoms with Crippen LogP contribution in [0.4, 0.5) is 0 Å². The maximum Gasteiger partial charge on any atom is -0.0227 e. The number of rotatable bonds is 6. The average molecular weight is 303 g/mol. The average Bonchev–Trinajstić information content (AvgIpc) is 2.50. The van der Waals surface area contributed by atoms with E-state index >= 15 is 0 Å². The second kappa shape index (κ2) is 13.6. The number of allylic oxidation sites excluding steroid dienone is 7. The van der Waals surface area contributed by atoms with Crippen molar-refractivity contribution in [1.29, 1.82) is 0 Å². The fourth-order valence-electron chi connectivity index (χ4n) is 2.71. The van der Waals surface area contributed by atoms with Gasteiger partial charge in [0.15, 0.2) is 0 Å². The van der Waals surface area contributed by atoms with Gasteiger partial charge in [0, 0.05) is 0 Å². The van der Waals surface area contributed by atoms with Crippen LogP contribution >= 0.6 is 0 Å². The Morgan fingerprint density at radius 3 is 2.27 bits per heavy atom. The van der Waals surface area contributed by atoms with Crippen molar-refractivity contribution in [2.45, 2.75) is 73.1 Å². The van der Waals surface area contributed by atoms with Crippen molar-refractivity contribution in [3.05, 3.63) is 48.6 Å². The molecule has 0 nitrogen and oxygen atoms in total. The predicted molar refractivity (Wildman–Crippen MR) is 103 cm³/mol. The molecule has 1 aliphatic carbocycles. The molecule has 1 aliphatic rings. The molecule has 1 atom stereocenters. The zero-order chi connectivity index (χ0) is 16.8. The first-order valence-electron chi connectivity index (χ1n) is 9.06. The van der Waals surface area contributed by atoms with Gasteiger partial charge in [-0.3, -0.25) is 0 Å². The Hall–Kier alpha value is -1.04. The van der Waals surface area contributed by atoms with E-state index in [2.05, 4.69) is 64.7 Å². The standard InChI is InChI=1S/C19H32.C3H6/c1-5-16(2)8-6-9-17(3)10-7-11-19-14-12-18(4)13-15-19;1-3-2/h5-8,10,17-19H,9,11-15H2,1-4H3;3H,1H2,2H3/b8-6-,10-7-,16-5-;. The molecular weight excluding hydrogens is 264 g/mol. The molecule has 0 spiro atoms. The predicted octanol–water partition coefficient (Wildman–Crippen LogP) is 7.50. The summed E-state index contributed by atoms with van der Waals surface area (Å²) in [6.45, 7) is 14.2. The summed E-state index contributed by atoms with van der Waals surface area (Å²) in [4.78, 5) is 0. The molecule has 1 fully saturated rings. The highest BCUT2D eigenvalue weighted by Gasteiger charge is 2.16. The van der Waals surface area contributed by atoms with Crippen LogP contribution in [0.3, 0.4) is 0 Å². The van der Waals surface area contributed by atoms with Crippen LogP contribution in [0, 0.1) is 17.8 Å². The van der Waals surface area contributed by atoms with Crippen LogP contribution in [0.5, 0.6) is 0 Å². The molecule has 1 saturated carbocycles. The van der Waals surface area contributed by atoms with Gasteiger partial charge in [-0.1, -0.05) is 68.7 Å². The van der Waals surface area contributed by atoms with Crippen LogP contribution in [0.15, 0.2) is 48.6 Å². The molecule has 0 heterocycles. The topological polar surface area (TPSA) is 0 Å². The van der Waals surface area contributed by atoms with Crippen molar-refractivity contribution in [3.8, 4) is 0 Å². The van der Waals surface area contributed by atoms with Gasteiger partial charge in [0.25, 0.3) is 0 Å². The molecule has 1 unspecified atom stereocenters. The van der Waals surface area contributed by atoms with Gasteiger partial charge in [0.2, 0.25) is 0 Å². The summed E-state index contributed by atoms with van der Waals surface area (Å²) in [5.74, 6) is 2.60. The molecule has 0 aromatic heterocycles. The highest BCUT2D eigenvalue weighted by atomic mass is 14.2.